The van der Waals surface area contributed by atoms with Gasteiger partial charge in [-0.1, -0.05) is 106 Å². The van der Waals surface area contributed by atoms with Gasteiger partial charge in [-0.3, -0.25) is 18.0 Å². The zero-order valence-electron chi connectivity index (χ0n) is 29.9. The molecule has 0 aliphatic carbocycles. The number of hydrogen-bond donors (Lipinski definition) is 1. The Kier molecular flexibility index (Phi) is 40.4. The van der Waals surface area contributed by atoms with Crippen LogP contribution >= 0.6 is 0 Å². The molecule has 0 heterocycles. The van der Waals surface area contributed by atoms with E-state index in [0.717, 1.165) is 25.7 Å². The second-order valence-corrected chi connectivity index (χ2v) is 14.3. The molecule has 1 aromatic rings. The fraction of sp³-hybridized carbons (Fsp3) is 0.688. The van der Waals surface area contributed by atoms with Crippen LogP contribution in [-0.4, -0.2) is 57.3 Å². The van der Waals surface area contributed by atoms with Crippen LogP contribution in [0.5, 0.6) is 0 Å². The molecule has 7 atom stereocenters. The summed E-state index contributed by atoms with van der Waals surface area (Å²) in [6, 6.07) is 6.94. The van der Waals surface area contributed by atoms with E-state index in [4.69, 9.17) is 5.11 Å². The normalized spacial score (nSPS) is 15.9. The molecule has 0 aliphatic heterocycles. The molecular weight excluding hydrogens is 606 g/mol. The smallest absolute Gasteiger partial charge is 0.778 e. The molecule has 0 fully saturated rings. The molecule has 0 aromatic heterocycles. The van der Waals surface area contributed by atoms with E-state index in [1.54, 1.807) is 39.8 Å². The van der Waals surface area contributed by atoms with Gasteiger partial charge in [0.15, 0.2) is 0 Å². The van der Waals surface area contributed by atoms with Crippen LogP contribution in [0, 0.1) is 11.8 Å². The van der Waals surface area contributed by atoms with Crippen LogP contribution in [0.3, 0.4) is 0 Å². The summed E-state index contributed by atoms with van der Waals surface area (Å²) in [7, 11) is -6.30. The van der Waals surface area contributed by atoms with Crippen molar-refractivity contribution in [3.05, 3.63) is 29.8 Å². The number of Topliss-reactive ketones (excluding diaryl/α,β-unsaturated/α-hetero) is 2. The minimum Gasteiger partial charge on any atom is -0.778 e. The minimum atomic E-state index is -3.30. The summed E-state index contributed by atoms with van der Waals surface area (Å²) in [5.74, 6) is 7.71. The quantitative estimate of drug-likeness (QED) is 0.292. The Hall–Kier alpha value is 0.480. The first-order valence-electron chi connectivity index (χ1n) is 14.5. The molecule has 244 valence electrons. The molecule has 0 amide bonds. The van der Waals surface area contributed by atoms with E-state index < -0.39 is 19.6 Å². The van der Waals surface area contributed by atoms with E-state index in [1.807, 2.05) is 53.7 Å². The first kappa shape index (κ1) is 55.9. The maximum absolute atomic E-state index is 11.1. The molecule has 1 N–H and O–H groups in total. The van der Waals surface area contributed by atoms with Crippen molar-refractivity contribution in [3.8, 4) is 0 Å². The number of benzene rings is 1. The third kappa shape index (κ3) is 35.2. The van der Waals surface area contributed by atoms with Crippen LogP contribution in [0.25, 0.3) is 0 Å². The number of ketones is 2. The topological polar surface area (TPSA) is 135 Å². The number of hydrogen-bond acceptors (Lipinski definition) is 7. The van der Waals surface area contributed by atoms with Crippen LogP contribution in [0.4, 0.5) is 0 Å². The van der Waals surface area contributed by atoms with Crippen LogP contribution in [0.1, 0.15) is 127 Å². The van der Waals surface area contributed by atoms with Crippen molar-refractivity contribution in [1.82, 2.24) is 0 Å². The van der Waals surface area contributed by atoms with E-state index in [-0.39, 0.29) is 87.2 Å². The van der Waals surface area contributed by atoms with Crippen molar-refractivity contribution in [3.63, 3.8) is 0 Å². The molecule has 0 aliphatic rings. The zero-order valence-corrected chi connectivity index (χ0v) is 35.5. The average Bonchev–Trinajstić information content (AvgIpc) is 2.91. The van der Waals surface area contributed by atoms with Crippen molar-refractivity contribution >= 4 is 42.9 Å². The SMILES string of the molecule is C=S(=O)([O-])C(C)CC.C=S(=O)([O-])c1ccc(C(C)CC)cc1.CCC(C)C(C)=O.CCC(C)C(C)=O.CCC(C)O.[Na+].[Na+]. The second kappa shape index (κ2) is 31.1. The fourth-order valence-electron chi connectivity index (χ4n) is 2.07. The van der Waals surface area contributed by atoms with Gasteiger partial charge < -0.3 is 14.2 Å². The number of carbonyl (C=O) groups is 2. The van der Waals surface area contributed by atoms with Gasteiger partial charge in [0.2, 0.25) is 0 Å². The first-order chi connectivity index (χ1) is 18.6. The number of carbonyl (C=O) groups excluding carboxylic acids is 2. The summed E-state index contributed by atoms with van der Waals surface area (Å²) >= 11 is 0. The Labute approximate surface area is 310 Å². The first-order valence-corrected chi connectivity index (χ1v) is 17.9. The largest absolute Gasteiger partial charge is 1.00 e. The third-order valence-corrected chi connectivity index (χ3v) is 9.36. The number of aliphatic hydroxyl groups is 1. The summed E-state index contributed by atoms with van der Waals surface area (Å²) < 4.78 is 43.0. The predicted molar refractivity (Wildman–Crippen MR) is 177 cm³/mol. The van der Waals surface area contributed by atoms with Gasteiger partial charge in [-0.15, -0.1) is 0 Å². The van der Waals surface area contributed by atoms with Gasteiger partial charge in [0.05, 0.1) is 6.10 Å². The number of aliphatic hydroxyl groups excluding tert-OH is 1. The minimum absolute atomic E-state index is 0. The zero-order chi connectivity index (χ0) is 33.6. The summed E-state index contributed by atoms with van der Waals surface area (Å²) in [6.07, 6.45) is 4.38. The maximum Gasteiger partial charge on any atom is 1.00 e. The molecule has 1 aromatic carbocycles. The molecule has 0 spiro atoms. The van der Waals surface area contributed by atoms with Crippen LogP contribution in [-0.2, 0) is 29.2 Å². The van der Waals surface area contributed by atoms with Crippen LogP contribution < -0.4 is 59.1 Å². The van der Waals surface area contributed by atoms with Gasteiger partial charge in [0, 0.05) is 22.0 Å². The van der Waals surface area contributed by atoms with E-state index in [2.05, 4.69) is 25.6 Å². The van der Waals surface area contributed by atoms with Crippen LogP contribution in [0.15, 0.2) is 29.2 Å². The maximum atomic E-state index is 11.1. The molecule has 7 nitrogen and oxygen atoms in total. The molecule has 7 unspecified atom stereocenters. The fourth-order valence-corrected chi connectivity index (χ4v) is 3.13. The van der Waals surface area contributed by atoms with E-state index in [0.29, 0.717) is 23.9 Å². The summed E-state index contributed by atoms with van der Waals surface area (Å²) in [5, 5.41) is 8.07. The average molecular weight is 667 g/mol. The molecule has 43 heavy (non-hydrogen) atoms. The van der Waals surface area contributed by atoms with E-state index >= 15 is 0 Å². The predicted octanol–water partition coefficient (Wildman–Crippen LogP) is 1.07. The third-order valence-electron chi connectivity index (χ3n) is 6.81. The molecule has 0 radical (unpaired) electrons. The Morgan fingerprint density at radius 2 is 1.05 bits per heavy atom. The summed E-state index contributed by atoms with van der Waals surface area (Å²) in [5.41, 5.74) is 1.17. The standard InChI is InChI=1S/C11H16O2S.2C6H12O.C5H12O2S.C4H10O.2Na/c1-4-9(2)10-5-7-11(8-6-10)14(3,12)13;2*1-4-5(2)6(3)7;1-4-5(2)8(3,6)7;1-3-4(2)5;;/h5-9H,3-4H2,1-2H3,(H,12,13);2*5H,4H2,1-3H3;5H,3-4H2,1-2H3,(H,6,7);4-5H,3H2,1-2H3;;/q;;;;;2*+1/p-2. The van der Waals surface area contributed by atoms with Crippen LogP contribution in [0.2, 0.25) is 0 Å². The molecule has 0 saturated heterocycles. The van der Waals surface area contributed by atoms with Crippen molar-refractivity contribution in [2.45, 2.75) is 137 Å². The number of rotatable bonds is 10. The summed E-state index contributed by atoms with van der Waals surface area (Å²) in [4.78, 5) is 21.0. The van der Waals surface area contributed by atoms with Gasteiger partial charge in [-0.05, 0) is 76.5 Å². The van der Waals surface area contributed by atoms with Crippen molar-refractivity contribution in [1.29, 1.82) is 0 Å². The van der Waals surface area contributed by atoms with Crippen molar-refractivity contribution in [2.24, 2.45) is 11.8 Å². The Morgan fingerprint density at radius 1 is 0.721 bits per heavy atom. The molecular formula is C32H60Na2O7S2. The Morgan fingerprint density at radius 3 is 1.16 bits per heavy atom. The molecule has 11 heteroatoms. The molecule has 1 rings (SSSR count). The van der Waals surface area contributed by atoms with Crippen molar-refractivity contribution < 1.29 is 91.3 Å². The van der Waals surface area contributed by atoms with Crippen molar-refractivity contribution in [2.75, 3.05) is 0 Å². The molecule has 0 bridgehead atoms. The molecule has 0 saturated carbocycles. The van der Waals surface area contributed by atoms with Gasteiger partial charge in [-0.2, -0.15) is 0 Å². The van der Waals surface area contributed by atoms with E-state index in [9.17, 15) is 27.1 Å². The van der Waals surface area contributed by atoms with Gasteiger partial charge >= 0.3 is 59.1 Å². The van der Waals surface area contributed by atoms with Gasteiger partial charge in [0.1, 0.15) is 11.6 Å². The van der Waals surface area contributed by atoms with E-state index in [1.165, 1.54) is 5.56 Å². The monoisotopic (exact) mass is 666 g/mol. The Bertz CT molecular complexity index is 1000. The van der Waals surface area contributed by atoms with Gasteiger partial charge in [0.25, 0.3) is 0 Å². The second-order valence-electron chi connectivity index (χ2n) is 10.5. The Balaban J connectivity index is -0.000000104. The van der Waals surface area contributed by atoms with Gasteiger partial charge in [-0.25, -0.2) is 0 Å². The summed E-state index contributed by atoms with van der Waals surface area (Å²) in [6.45, 7) is 22.6.